The number of hydrogen-bond acceptors (Lipinski definition) is 6. The predicted octanol–water partition coefficient (Wildman–Crippen LogP) is 2.25. The molecule has 1 aromatic heterocycles. The summed E-state index contributed by atoms with van der Waals surface area (Å²) in [5.74, 6) is 1.54. The van der Waals surface area contributed by atoms with Crippen molar-refractivity contribution in [1.29, 1.82) is 0 Å². The minimum absolute atomic E-state index is 0.0576. The first kappa shape index (κ1) is 22.2. The van der Waals surface area contributed by atoms with Crippen molar-refractivity contribution < 1.29 is 23.0 Å². The summed E-state index contributed by atoms with van der Waals surface area (Å²) in [7, 11) is 0.00193. The number of ether oxygens (including phenoxy) is 2. The second-order valence-electron chi connectivity index (χ2n) is 9.05. The number of nitrogens with zero attached hydrogens (tertiary/aromatic N) is 2. The van der Waals surface area contributed by atoms with Crippen LogP contribution in [0.1, 0.15) is 22.9 Å². The molecular weight excluding hydrogens is 442 g/mol. The van der Waals surface area contributed by atoms with Gasteiger partial charge in [-0.25, -0.2) is 12.7 Å². The van der Waals surface area contributed by atoms with Gasteiger partial charge < -0.3 is 19.6 Å². The zero-order chi connectivity index (χ0) is 23.4. The van der Waals surface area contributed by atoms with E-state index in [9.17, 15) is 13.5 Å². The fraction of sp³-hybridized carbons (Fsp3) is 0.417. The summed E-state index contributed by atoms with van der Waals surface area (Å²) >= 11 is 0. The van der Waals surface area contributed by atoms with Gasteiger partial charge in [-0.2, -0.15) is 0 Å². The number of H-pyrrole nitrogens is 1. The zero-order valence-electron chi connectivity index (χ0n) is 19.0. The Morgan fingerprint density at radius 3 is 2.55 bits per heavy atom. The molecule has 1 atom stereocenters. The fourth-order valence-electron chi connectivity index (χ4n) is 5.45. The number of aliphatic hydroxyl groups is 1. The summed E-state index contributed by atoms with van der Waals surface area (Å²) in [5.41, 5.74) is 3.63. The molecule has 0 amide bonds. The highest BCUT2D eigenvalue weighted by Gasteiger charge is 2.54. The van der Waals surface area contributed by atoms with E-state index in [2.05, 4.69) is 9.88 Å². The summed E-state index contributed by atoms with van der Waals surface area (Å²) in [6.45, 7) is 1.98. The van der Waals surface area contributed by atoms with Gasteiger partial charge in [-0.3, -0.25) is 4.90 Å². The lowest BCUT2D eigenvalue weighted by Gasteiger charge is -2.55. The quantitative estimate of drug-likeness (QED) is 0.573. The Balaban J connectivity index is 1.62. The Hall–Kier alpha value is -2.59. The minimum atomic E-state index is -3.28. The number of aromatic nitrogens is 1. The van der Waals surface area contributed by atoms with Crippen molar-refractivity contribution in [3.05, 3.63) is 59.3 Å². The van der Waals surface area contributed by atoms with Crippen LogP contribution in [0.5, 0.6) is 11.5 Å². The molecule has 8 nitrogen and oxygen atoms in total. The van der Waals surface area contributed by atoms with Gasteiger partial charge in [0.25, 0.3) is 0 Å². The first-order chi connectivity index (χ1) is 15.8. The number of para-hydroxylation sites is 1. The van der Waals surface area contributed by atoms with Crippen molar-refractivity contribution in [2.45, 2.75) is 18.0 Å². The summed E-state index contributed by atoms with van der Waals surface area (Å²) in [5, 5.41) is 11.5. The van der Waals surface area contributed by atoms with E-state index in [4.69, 9.17) is 9.47 Å². The molecule has 2 N–H and O–H groups in total. The summed E-state index contributed by atoms with van der Waals surface area (Å²) in [4.78, 5) is 5.76. The summed E-state index contributed by atoms with van der Waals surface area (Å²) in [6, 6.07) is 13.5. The van der Waals surface area contributed by atoms with E-state index in [1.54, 1.807) is 14.2 Å². The number of methoxy groups -OCH3 is 2. The summed E-state index contributed by atoms with van der Waals surface area (Å²) in [6.07, 6.45) is 1.26. The largest absolute Gasteiger partial charge is 0.497 e. The highest BCUT2D eigenvalue weighted by atomic mass is 32.2. The Morgan fingerprint density at radius 2 is 1.88 bits per heavy atom. The van der Waals surface area contributed by atoms with Gasteiger partial charge in [0.2, 0.25) is 10.0 Å². The molecule has 2 aromatic carbocycles. The van der Waals surface area contributed by atoms with E-state index in [0.29, 0.717) is 26.2 Å². The molecule has 1 saturated heterocycles. The third-order valence-electron chi connectivity index (χ3n) is 7.01. The van der Waals surface area contributed by atoms with E-state index in [1.807, 2.05) is 42.5 Å². The maximum Gasteiger partial charge on any atom is 0.211 e. The number of nitrogens with one attached hydrogen (secondary N) is 1. The number of benzene rings is 2. The lowest BCUT2D eigenvalue weighted by molar-refractivity contribution is 0.0256. The lowest BCUT2D eigenvalue weighted by atomic mass is 9.70. The molecule has 0 aliphatic carbocycles. The molecule has 5 rings (SSSR count). The van der Waals surface area contributed by atoms with Gasteiger partial charge in [-0.15, -0.1) is 0 Å². The van der Waals surface area contributed by atoms with Gasteiger partial charge in [0.15, 0.2) is 0 Å². The van der Waals surface area contributed by atoms with Crippen molar-refractivity contribution in [2.24, 2.45) is 0 Å². The standard InChI is InChI=1S/C24H29N3O5S/c1-31-17-8-9-18-19(10-17)25-23-20(12-28)26(11-16-6-4-5-7-21(16)32-2)13-24(22(18)23)14-27(15-24)33(3,29)30/h4-10,20,25,28H,11-15H2,1-3H3/t20-/m1/s1. The topological polar surface area (TPSA) is 95.1 Å². The second kappa shape index (κ2) is 8.02. The van der Waals surface area contributed by atoms with Crippen LogP contribution in [-0.4, -0.2) is 74.4 Å². The van der Waals surface area contributed by atoms with Crippen LogP contribution in [0.3, 0.4) is 0 Å². The van der Waals surface area contributed by atoms with Gasteiger partial charge in [0.1, 0.15) is 11.5 Å². The molecule has 9 heteroatoms. The smallest absolute Gasteiger partial charge is 0.211 e. The molecule has 1 spiro atoms. The van der Waals surface area contributed by atoms with Crippen LogP contribution in [0.2, 0.25) is 0 Å². The minimum Gasteiger partial charge on any atom is -0.497 e. The predicted molar refractivity (Wildman–Crippen MR) is 126 cm³/mol. The maximum atomic E-state index is 12.2. The van der Waals surface area contributed by atoms with Crippen LogP contribution in [0, 0.1) is 0 Å². The third-order valence-corrected chi connectivity index (χ3v) is 8.21. The van der Waals surface area contributed by atoms with Crippen LogP contribution in [-0.2, 0) is 22.0 Å². The molecule has 1 fully saturated rings. The first-order valence-corrected chi connectivity index (χ1v) is 12.8. The Morgan fingerprint density at radius 1 is 1.12 bits per heavy atom. The van der Waals surface area contributed by atoms with E-state index in [-0.39, 0.29) is 18.1 Å². The van der Waals surface area contributed by atoms with Gasteiger partial charge in [0.05, 0.1) is 33.1 Å². The van der Waals surface area contributed by atoms with Gasteiger partial charge >= 0.3 is 0 Å². The SMILES string of the molecule is COc1ccc2c3c([nH]c2c1)[C@@H](CO)N(Cc1ccccc1OC)CC31CN(S(C)(=O)=O)C1. The molecular formula is C24H29N3O5S. The third kappa shape index (κ3) is 3.59. The zero-order valence-corrected chi connectivity index (χ0v) is 19.9. The van der Waals surface area contributed by atoms with Gasteiger partial charge in [-0.1, -0.05) is 18.2 Å². The number of fused-ring (bicyclic) bond motifs is 4. The molecule has 3 heterocycles. The van der Waals surface area contributed by atoms with Gasteiger partial charge in [-0.05, 0) is 23.8 Å². The number of sulfonamides is 1. The van der Waals surface area contributed by atoms with Crippen LogP contribution >= 0.6 is 0 Å². The van der Waals surface area contributed by atoms with Crippen molar-refractivity contribution in [3.63, 3.8) is 0 Å². The molecule has 0 unspecified atom stereocenters. The molecule has 0 radical (unpaired) electrons. The molecule has 33 heavy (non-hydrogen) atoms. The van der Waals surface area contributed by atoms with Crippen LogP contribution in [0.15, 0.2) is 42.5 Å². The monoisotopic (exact) mass is 471 g/mol. The van der Waals surface area contributed by atoms with E-state index in [0.717, 1.165) is 39.2 Å². The highest BCUT2D eigenvalue weighted by molar-refractivity contribution is 7.88. The average molecular weight is 472 g/mol. The van der Waals surface area contributed by atoms with Crippen LogP contribution in [0.25, 0.3) is 10.9 Å². The maximum absolute atomic E-state index is 12.2. The lowest BCUT2D eigenvalue weighted by Crippen LogP contribution is -2.67. The van der Waals surface area contributed by atoms with Crippen molar-refractivity contribution in [1.82, 2.24) is 14.2 Å². The Bertz CT molecular complexity index is 1300. The van der Waals surface area contributed by atoms with Crippen molar-refractivity contribution >= 4 is 20.9 Å². The van der Waals surface area contributed by atoms with Crippen molar-refractivity contribution in [3.8, 4) is 11.5 Å². The van der Waals surface area contributed by atoms with Crippen LogP contribution < -0.4 is 9.47 Å². The number of hydrogen-bond donors (Lipinski definition) is 2. The Labute approximate surface area is 193 Å². The molecule has 2 aliphatic rings. The molecule has 2 aliphatic heterocycles. The Kier molecular flexibility index (Phi) is 5.40. The van der Waals surface area contributed by atoms with E-state index < -0.39 is 10.0 Å². The van der Waals surface area contributed by atoms with Crippen molar-refractivity contribution in [2.75, 3.05) is 46.7 Å². The first-order valence-electron chi connectivity index (χ1n) is 10.9. The van der Waals surface area contributed by atoms with E-state index >= 15 is 0 Å². The number of aromatic amines is 1. The number of aliphatic hydroxyl groups excluding tert-OH is 1. The molecule has 0 saturated carbocycles. The normalized spacial score (nSPS) is 20.5. The fourth-order valence-corrected chi connectivity index (χ4v) is 6.42. The average Bonchev–Trinajstić information content (AvgIpc) is 3.15. The summed E-state index contributed by atoms with van der Waals surface area (Å²) < 4.78 is 37.0. The molecule has 0 bridgehead atoms. The number of rotatable bonds is 6. The highest BCUT2D eigenvalue weighted by Crippen LogP contribution is 2.49. The molecule has 3 aromatic rings. The molecule has 176 valence electrons. The van der Waals surface area contributed by atoms with E-state index in [1.165, 1.54) is 10.6 Å². The van der Waals surface area contributed by atoms with Gasteiger partial charge in [0, 0.05) is 59.8 Å². The van der Waals surface area contributed by atoms with Crippen LogP contribution in [0.4, 0.5) is 0 Å². The second-order valence-corrected chi connectivity index (χ2v) is 11.0.